The Morgan fingerprint density at radius 1 is 1.22 bits per heavy atom. The first-order chi connectivity index (χ1) is 8.72. The van der Waals surface area contributed by atoms with Gasteiger partial charge < -0.3 is 0 Å². The van der Waals surface area contributed by atoms with Gasteiger partial charge in [0, 0.05) is 15.8 Å². The van der Waals surface area contributed by atoms with Crippen LogP contribution in [0.1, 0.15) is 45.4 Å². The lowest BCUT2D eigenvalue weighted by molar-refractivity contribution is -0.116. The van der Waals surface area contributed by atoms with Crippen LogP contribution < -0.4 is 0 Å². The van der Waals surface area contributed by atoms with Crippen LogP contribution in [0.25, 0.3) is 0 Å². The number of ketones is 1. The first kappa shape index (κ1) is 15.8. The Hall–Kier alpha value is -0.280. The number of carbonyl (C=O) groups is 1. The van der Waals surface area contributed by atoms with Crippen LogP contribution in [0.2, 0.25) is 0 Å². The second-order valence-corrected chi connectivity index (χ2v) is 6.41. The molecule has 0 saturated carbocycles. The average Bonchev–Trinajstić information content (AvgIpc) is 2.36. The largest absolute Gasteiger partial charge is 0.299 e. The van der Waals surface area contributed by atoms with Gasteiger partial charge in [-0.25, -0.2) is 0 Å². The fourth-order valence-corrected chi connectivity index (χ4v) is 3.13. The molecule has 0 radical (unpaired) electrons. The van der Waals surface area contributed by atoms with Crippen LogP contribution in [0.5, 0.6) is 0 Å². The van der Waals surface area contributed by atoms with Crippen molar-refractivity contribution in [2.24, 2.45) is 0 Å². The van der Waals surface area contributed by atoms with Crippen molar-refractivity contribution in [3.8, 4) is 0 Å². The van der Waals surface area contributed by atoms with Crippen molar-refractivity contribution < 1.29 is 4.79 Å². The lowest BCUT2D eigenvalue weighted by atomic mass is 10.1. The summed E-state index contributed by atoms with van der Waals surface area (Å²) in [6.07, 6.45) is 6.81. The first-order valence-electron chi connectivity index (χ1n) is 6.62. The maximum atomic E-state index is 11.7. The molecule has 0 saturated heterocycles. The molecule has 0 fully saturated rings. The summed E-state index contributed by atoms with van der Waals surface area (Å²) in [6.45, 7) is 2.21. The Morgan fingerprint density at radius 2 is 2.00 bits per heavy atom. The predicted octanol–water partition coefficient (Wildman–Crippen LogP) is 5.47. The molecule has 18 heavy (non-hydrogen) atoms. The number of hydrogen-bond acceptors (Lipinski definition) is 2. The summed E-state index contributed by atoms with van der Waals surface area (Å²) in [7, 11) is 0. The van der Waals surface area contributed by atoms with Gasteiger partial charge in [-0.15, -0.1) is 11.8 Å². The van der Waals surface area contributed by atoms with E-state index in [-0.39, 0.29) is 0 Å². The number of unbranched alkanes of at least 4 members (excludes halogenated alkanes) is 4. The van der Waals surface area contributed by atoms with E-state index < -0.39 is 0 Å². The molecule has 0 N–H and O–H groups in total. The number of Topliss-reactive ketones (excluding diaryl/α,β-unsaturated/α-hetero) is 1. The minimum atomic E-state index is 0.372. The van der Waals surface area contributed by atoms with Gasteiger partial charge in [-0.2, -0.15) is 0 Å². The zero-order valence-corrected chi connectivity index (χ0v) is 13.4. The van der Waals surface area contributed by atoms with Crippen molar-refractivity contribution in [2.45, 2.75) is 50.3 Å². The third-order valence-corrected chi connectivity index (χ3v) is 4.30. The van der Waals surface area contributed by atoms with Crippen LogP contribution in [0.3, 0.4) is 0 Å². The van der Waals surface area contributed by atoms with Crippen molar-refractivity contribution in [2.75, 3.05) is 5.75 Å². The van der Waals surface area contributed by atoms with Crippen LogP contribution in [-0.4, -0.2) is 11.5 Å². The second-order valence-electron chi connectivity index (χ2n) is 4.45. The number of hydrogen-bond donors (Lipinski definition) is 0. The van der Waals surface area contributed by atoms with Crippen molar-refractivity contribution >= 4 is 33.5 Å². The summed E-state index contributed by atoms with van der Waals surface area (Å²) in [5, 5.41) is 0. The Bertz CT molecular complexity index is 365. The molecule has 0 unspecified atom stereocenters. The molecular weight excluding hydrogens is 308 g/mol. The van der Waals surface area contributed by atoms with Gasteiger partial charge in [0.1, 0.15) is 5.78 Å². The minimum Gasteiger partial charge on any atom is -0.299 e. The molecule has 100 valence electrons. The zero-order valence-electron chi connectivity index (χ0n) is 11.0. The monoisotopic (exact) mass is 328 g/mol. The number of benzene rings is 1. The van der Waals surface area contributed by atoms with Crippen molar-refractivity contribution in [3.05, 3.63) is 28.7 Å². The zero-order chi connectivity index (χ0) is 13.2. The highest BCUT2D eigenvalue weighted by molar-refractivity contribution is 9.10. The van der Waals surface area contributed by atoms with E-state index in [0.29, 0.717) is 11.5 Å². The van der Waals surface area contributed by atoms with Gasteiger partial charge in [0.25, 0.3) is 0 Å². The van der Waals surface area contributed by atoms with E-state index in [4.69, 9.17) is 0 Å². The number of carbonyl (C=O) groups excluding carboxylic acids is 1. The van der Waals surface area contributed by atoms with Crippen LogP contribution in [0.15, 0.2) is 33.6 Å². The fraction of sp³-hybridized carbons (Fsp3) is 0.533. The predicted molar refractivity (Wildman–Crippen MR) is 83.2 cm³/mol. The molecule has 3 heteroatoms. The number of halogens is 1. The van der Waals surface area contributed by atoms with Crippen LogP contribution >= 0.6 is 27.7 Å². The van der Waals surface area contributed by atoms with E-state index in [1.54, 1.807) is 11.8 Å². The van der Waals surface area contributed by atoms with Gasteiger partial charge in [0.05, 0.1) is 5.75 Å². The summed E-state index contributed by atoms with van der Waals surface area (Å²) in [6, 6.07) is 8.10. The van der Waals surface area contributed by atoms with Gasteiger partial charge in [-0.1, -0.05) is 54.6 Å². The van der Waals surface area contributed by atoms with E-state index in [1.807, 2.05) is 18.2 Å². The summed E-state index contributed by atoms with van der Waals surface area (Å²) < 4.78 is 1.07. The Balaban J connectivity index is 2.13. The van der Waals surface area contributed by atoms with Gasteiger partial charge in [0.15, 0.2) is 0 Å². The summed E-state index contributed by atoms with van der Waals surface area (Å²) in [4.78, 5) is 12.9. The Labute approximate surface area is 123 Å². The van der Waals surface area contributed by atoms with E-state index in [2.05, 4.69) is 28.9 Å². The highest BCUT2D eigenvalue weighted by Crippen LogP contribution is 2.22. The molecule has 0 amide bonds. The topological polar surface area (TPSA) is 17.1 Å². The molecule has 0 atom stereocenters. The van der Waals surface area contributed by atoms with Crippen molar-refractivity contribution in [1.29, 1.82) is 0 Å². The fourth-order valence-electron chi connectivity index (χ4n) is 1.72. The number of thioether (sulfide) groups is 1. The van der Waals surface area contributed by atoms with Crippen LogP contribution in [-0.2, 0) is 4.79 Å². The highest BCUT2D eigenvalue weighted by atomic mass is 79.9. The van der Waals surface area contributed by atoms with Gasteiger partial charge in [-0.3, -0.25) is 4.79 Å². The summed E-state index contributed by atoms with van der Waals surface area (Å²) in [5.41, 5.74) is 0. The summed E-state index contributed by atoms with van der Waals surface area (Å²) >= 11 is 5.07. The quantitative estimate of drug-likeness (QED) is 0.441. The standard InChI is InChI=1S/C15H21BrOS/c1-2-3-4-5-6-9-14(17)12-18-15-10-7-8-13(16)11-15/h7-8,10-11H,2-6,9,12H2,1H3. The summed E-state index contributed by atoms with van der Waals surface area (Å²) in [5.74, 6) is 0.973. The molecule has 1 nitrogen and oxygen atoms in total. The molecular formula is C15H21BrOS. The molecule has 0 bridgehead atoms. The molecule has 0 aliphatic heterocycles. The van der Waals surface area contributed by atoms with Gasteiger partial charge in [-0.05, 0) is 24.6 Å². The van der Waals surface area contributed by atoms with Crippen LogP contribution in [0.4, 0.5) is 0 Å². The molecule has 1 aromatic carbocycles. The van der Waals surface area contributed by atoms with E-state index >= 15 is 0 Å². The Kier molecular flexibility index (Phi) is 8.44. The van der Waals surface area contributed by atoms with Gasteiger partial charge >= 0.3 is 0 Å². The highest BCUT2D eigenvalue weighted by Gasteiger charge is 2.03. The maximum Gasteiger partial charge on any atom is 0.143 e. The first-order valence-corrected chi connectivity index (χ1v) is 8.40. The van der Waals surface area contributed by atoms with E-state index in [0.717, 1.165) is 22.2 Å². The van der Waals surface area contributed by atoms with Crippen molar-refractivity contribution in [1.82, 2.24) is 0 Å². The number of rotatable bonds is 9. The lowest BCUT2D eigenvalue weighted by Crippen LogP contribution is -2.00. The molecule has 0 spiro atoms. The molecule has 1 aromatic rings. The molecule has 0 heterocycles. The third kappa shape index (κ3) is 7.22. The molecule has 1 rings (SSSR count). The SMILES string of the molecule is CCCCCCCC(=O)CSc1cccc(Br)c1. The van der Waals surface area contributed by atoms with Gasteiger partial charge in [0.2, 0.25) is 0 Å². The maximum absolute atomic E-state index is 11.7. The third-order valence-electron chi connectivity index (χ3n) is 2.76. The van der Waals surface area contributed by atoms with E-state index in [9.17, 15) is 4.79 Å². The molecule has 0 aliphatic rings. The molecule has 0 aromatic heterocycles. The van der Waals surface area contributed by atoms with Crippen molar-refractivity contribution in [3.63, 3.8) is 0 Å². The average molecular weight is 329 g/mol. The smallest absolute Gasteiger partial charge is 0.143 e. The molecule has 0 aliphatic carbocycles. The lowest BCUT2D eigenvalue weighted by Gasteiger charge is -2.02. The van der Waals surface area contributed by atoms with E-state index in [1.165, 1.54) is 25.7 Å². The normalized spacial score (nSPS) is 10.6. The van der Waals surface area contributed by atoms with Crippen LogP contribution in [0, 0.1) is 0 Å². The Morgan fingerprint density at radius 3 is 2.72 bits per heavy atom. The minimum absolute atomic E-state index is 0.372. The second kappa shape index (κ2) is 9.62.